The van der Waals surface area contributed by atoms with Crippen LogP contribution in [-0.4, -0.2) is 23.8 Å². The summed E-state index contributed by atoms with van der Waals surface area (Å²) in [6.45, 7) is 0. The molecular formula is C10H11NO3. The summed E-state index contributed by atoms with van der Waals surface area (Å²) in [7, 11) is 1.20. The van der Waals surface area contributed by atoms with E-state index in [1.165, 1.54) is 7.11 Å². The van der Waals surface area contributed by atoms with E-state index in [1.807, 2.05) is 12.1 Å². The maximum atomic E-state index is 11.1. The molecule has 0 aromatic carbocycles. The first-order valence-electron chi connectivity index (χ1n) is 4.24. The van der Waals surface area contributed by atoms with Gasteiger partial charge in [0.2, 0.25) is 5.78 Å². The minimum absolute atomic E-state index is 0.177. The molecule has 1 rings (SSSR count). The Balaban J connectivity index is 2.42. The van der Waals surface area contributed by atoms with E-state index >= 15 is 0 Å². The van der Waals surface area contributed by atoms with E-state index in [9.17, 15) is 9.59 Å². The van der Waals surface area contributed by atoms with E-state index in [0.29, 0.717) is 6.42 Å². The number of ether oxygens (including phenoxy) is 1. The Hall–Kier alpha value is -1.71. The van der Waals surface area contributed by atoms with Crippen LogP contribution in [0.25, 0.3) is 0 Å². The van der Waals surface area contributed by atoms with E-state index in [2.05, 4.69) is 9.72 Å². The number of carbonyl (C=O) groups is 2. The van der Waals surface area contributed by atoms with Crippen LogP contribution in [0.1, 0.15) is 12.0 Å². The smallest absolute Gasteiger partial charge is 0.374 e. The van der Waals surface area contributed by atoms with Gasteiger partial charge in [0.15, 0.2) is 0 Å². The third kappa shape index (κ3) is 2.97. The summed E-state index contributed by atoms with van der Waals surface area (Å²) in [5, 5.41) is 0. The van der Waals surface area contributed by atoms with Gasteiger partial charge in [0.1, 0.15) is 0 Å². The average molecular weight is 193 g/mol. The molecule has 1 aromatic rings. The van der Waals surface area contributed by atoms with Crippen molar-refractivity contribution in [1.29, 1.82) is 0 Å². The molecule has 4 heteroatoms. The lowest BCUT2D eigenvalue weighted by atomic mass is 10.1. The summed E-state index contributed by atoms with van der Waals surface area (Å²) in [5.74, 6) is -1.27. The van der Waals surface area contributed by atoms with E-state index in [-0.39, 0.29) is 6.42 Å². The van der Waals surface area contributed by atoms with Crippen molar-refractivity contribution in [3.05, 3.63) is 30.1 Å². The molecule has 4 nitrogen and oxygen atoms in total. The highest BCUT2D eigenvalue weighted by atomic mass is 16.5. The first-order valence-corrected chi connectivity index (χ1v) is 4.24. The molecule has 14 heavy (non-hydrogen) atoms. The maximum absolute atomic E-state index is 11.1. The van der Waals surface area contributed by atoms with Crippen LogP contribution in [0, 0.1) is 0 Å². The topological polar surface area (TPSA) is 56.3 Å². The molecule has 0 atom stereocenters. The molecule has 0 fully saturated rings. The fourth-order valence-corrected chi connectivity index (χ4v) is 1.02. The summed E-state index contributed by atoms with van der Waals surface area (Å²) >= 11 is 0. The van der Waals surface area contributed by atoms with Crippen LogP contribution >= 0.6 is 0 Å². The molecule has 1 aromatic heterocycles. The lowest BCUT2D eigenvalue weighted by Gasteiger charge is -1.99. The van der Waals surface area contributed by atoms with Crippen LogP contribution in [-0.2, 0) is 20.7 Å². The molecule has 0 aliphatic carbocycles. The van der Waals surface area contributed by atoms with Gasteiger partial charge in [-0.15, -0.1) is 0 Å². The van der Waals surface area contributed by atoms with Gasteiger partial charge in [-0.05, 0) is 24.1 Å². The lowest BCUT2D eigenvalue weighted by molar-refractivity contribution is -0.151. The van der Waals surface area contributed by atoms with Gasteiger partial charge in [0.25, 0.3) is 0 Å². The maximum Gasteiger partial charge on any atom is 0.374 e. The number of aryl methyl sites for hydroxylation is 1. The summed E-state index contributed by atoms with van der Waals surface area (Å²) in [4.78, 5) is 25.7. The Bertz CT molecular complexity index is 321. The monoisotopic (exact) mass is 193 g/mol. The van der Waals surface area contributed by atoms with Crippen molar-refractivity contribution < 1.29 is 14.3 Å². The number of carbonyl (C=O) groups excluding carboxylic acids is 2. The highest BCUT2D eigenvalue weighted by Gasteiger charge is 2.12. The third-order valence-electron chi connectivity index (χ3n) is 1.80. The number of hydrogen-bond donors (Lipinski definition) is 0. The molecule has 0 aliphatic rings. The molecule has 74 valence electrons. The minimum Gasteiger partial charge on any atom is -0.463 e. The molecule has 0 bridgehead atoms. The summed E-state index contributed by atoms with van der Waals surface area (Å²) in [5.41, 5.74) is 0.984. The standard InChI is InChI=1S/C10H11NO3/c1-14-10(13)9(12)3-2-8-4-6-11-7-5-8/h4-7H,2-3H2,1H3. The molecule has 0 radical (unpaired) electrons. The number of Topliss-reactive ketones (excluding diaryl/α,β-unsaturated/α-hetero) is 1. The largest absolute Gasteiger partial charge is 0.463 e. The Morgan fingerprint density at radius 3 is 2.57 bits per heavy atom. The Kier molecular flexibility index (Phi) is 3.79. The normalized spacial score (nSPS) is 9.50. The highest BCUT2D eigenvalue weighted by Crippen LogP contribution is 2.01. The minimum atomic E-state index is -0.779. The molecule has 0 unspecified atom stereocenters. The Morgan fingerprint density at radius 1 is 1.36 bits per heavy atom. The molecule has 0 spiro atoms. The molecule has 0 amide bonds. The van der Waals surface area contributed by atoms with Crippen molar-refractivity contribution in [3.63, 3.8) is 0 Å². The molecule has 0 aliphatic heterocycles. The molecule has 0 saturated carbocycles. The average Bonchev–Trinajstić information content (AvgIpc) is 2.26. The number of methoxy groups -OCH3 is 1. The molecular weight excluding hydrogens is 182 g/mol. The highest BCUT2D eigenvalue weighted by molar-refractivity contribution is 6.33. The quantitative estimate of drug-likeness (QED) is 0.523. The predicted molar refractivity (Wildman–Crippen MR) is 49.6 cm³/mol. The van der Waals surface area contributed by atoms with Crippen LogP contribution in [0.4, 0.5) is 0 Å². The van der Waals surface area contributed by atoms with Crippen LogP contribution < -0.4 is 0 Å². The molecule has 0 N–H and O–H groups in total. The number of ketones is 1. The van der Waals surface area contributed by atoms with Crippen LogP contribution in [0.3, 0.4) is 0 Å². The van der Waals surface area contributed by atoms with Gasteiger partial charge in [0, 0.05) is 18.8 Å². The SMILES string of the molecule is COC(=O)C(=O)CCc1ccncc1. The van der Waals surface area contributed by atoms with Gasteiger partial charge in [0.05, 0.1) is 7.11 Å². The number of rotatable bonds is 4. The van der Waals surface area contributed by atoms with Gasteiger partial charge >= 0.3 is 5.97 Å². The van der Waals surface area contributed by atoms with E-state index in [4.69, 9.17) is 0 Å². The fraction of sp³-hybridized carbons (Fsp3) is 0.300. The van der Waals surface area contributed by atoms with Crippen molar-refractivity contribution in [2.75, 3.05) is 7.11 Å². The van der Waals surface area contributed by atoms with E-state index in [0.717, 1.165) is 5.56 Å². The van der Waals surface area contributed by atoms with E-state index < -0.39 is 11.8 Å². The zero-order chi connectivity index (χ0) is 10.4. The number of esters is 1. The molecule has 0 saturated heterocycles. The van der Waals surface area contributed by atoms with Gasteiger partial charge in [-0.25, -0.2) is 4.79 Å². The molecule has 1 heterocycles. The van der Waals surface area contributed by atoms with Crippen molar-refractivity contribution in [3.8, 4) is 0 Å². The number of pyridine rings is 1. The van der Waals surface area contributed by atoms with Crippen LogP contribution in [0.2, 0.25) is 0 Å². The van der Waals surface area contributed by atoms with Crippen molar-refractivity contribution in [2.24, 2.45) is 0 Å². The van der Waals surface area contributed by atoms with Gasteiger partial charge in [-0.3, -0.25) is 9.78 Å². The fourth-order valence-electron chi connectivity index (χ4n) is 1.02. The summed E-state index contributed by atoms with van der Waals surface area (Å²) in [6, 6.07) is 3.62. The van der Waals surface area contributed by atoms with Crippen LogP contribution in [0.15, 0.2) is 24.5 Å². The Morgan fingerprint density at radius 2 is 2.00 bits per heavy atom. The summed E-state index contributed by atoms with van der Waals surface area (Å²) < 4.78 is 4.30. The van der Waals surface area contributed by atoms with Gasteiger partial charge in [-0.1, -0.05) is 0 Å². The van der Waals surface area contributed by atoms with Gasteiger partial charge < -0.3 is 4.74 Å². The lowest BCUT2D eigenvalue weighted by Crippen LogP contribution is -2.15. The third-order valence-corrected chi connectivity index (χ3v) is 1.80. The second-order valence-corrected chi connectivity index (χ2v) is 2.77. The number of nitrogens with zero attached hydrogens (tertiary/aromatic N) is 1. The Labute approximate surface area is 81.9 Å². The second-order valence-electron chi connectivity index (χ2n) is 2.77. The van der Waals surface area contributed by atoms with Crippen molar-refractivity contribution in [1.82, 2.24) is 4.98 Å². The number of hydrogen-bond acceptors (Lipinski definition) is 4. The van der Waals surface area contributed by atoms with Crippen molar-refractivity contribution >= 4 is 11.8 Å². The van der Waals surface area contributed by atoms with Crippen LogP contribution in [0.5, 0.6) is 0 Å². The van der Waals surface area contributed by atoms with Gasteiger partial charge in [-0.2, -0.15) is 0 Å². The first-order chi connectivity index (χ1) is 6.74. The number of aromatic nitrogens is 1. The zero-order valence-corrected chi connectivity index (χ0v) is 7.90. The predicted octanol–water partition coefficient (Wildman–Crippen LogP) is 0.756. The second kappa shape index (κ2) is 5.11. The first kappa shape index (κ1) is 10.4. The zero-order valence-electron chi connectivity index (χ0n) is 7.90. The van der Waals surface area contributed by atoms with Crippen molar-refractivity contribution in [2.45, 2.75) is 12.8 Å². The van der Waals surface area contributed by atoms with E-state index in [1.54, 1.807) is 12.4 Å². The summed E-state index contributed by atoms with van der Waals surface area (Å²) in [6.07, 6.45) is 4.02.